The Balaban J connectivity index is 2.34. The first-order valence-corrected chi connectivity index (χ1v) is 5.90. The highest BCUT2D eigenvalue weighted by Gasteiger charge is 2.23. The highest BCUT2D eigenvalue weighted by atomic mass is 16.1. The second-order valence-corrected chi connectivity index (χ2v) is 4.74. The molecule has 1 rings (SSSR count). The van der Waals surface area contributed by atoms with Crippen molar-refractivity contribution in [1.29, 1.82) is 0 Å². The lowest BCUT2D eigenvalue weighted by molar-refractivity contribution is -0.120. The van der Waals surface area contributed by atoms with Crippen LogP contribution in [0.2, 0.25) is 0 Å². The first-order valence-electron chi connectivity index (χ1n) is 5.90. The molecule has 1 saturated heterocycles. The zero-order valence-electron chi connectivity index (χ0n) is 10.6. The minimum absolute atomic E-state index is 0.253. The molecule has 0 aliphatic carbocycles. The first-order chi connectivity index (χ1) is 7.54. The molecule has 0 radical (unpaired) electrons. The molecule has 0 spiro atoms. The summed E-state index contributed by atoms with van der Waals surface area (Å²) in [5.74, 6) is -0.283. The summed E-state index contributed by atoms with van der Waals surface area (Å²) in [6.45, 7) is 2.86. The molecule has 1 amide bonds. The van der Waals surface area contributed by atoms with Crippen LogP contribution in [0.5, 0.6) is 0 Å². The molecular weight excluding hydrogens is 204 g/mol. The van der Waals surface area contributed by atoms with E-state index in [-0.39, 0.29) is 11.9 Å². The number of hydrogen-bond donors (Lipinski definition) is 2. The van der Waals surface area contributed by atoms with Crippen molar-refractivity contribution in [2.24, 2.45) is 5.73 Å². The van der Waals surface area contributed by atoms with Gasteiger partial charge in [0.05, 0.1) is 6.04 Å². The molecule has 16 heavy (non-hydrogen) atoms. The third-order valence-corrected chi connectivity index (χ3v) is 3.38. The second kappa shape index (κ2) is 6.18. The summed E-state index contributed by atoms with van der Waals surface area (Å²) in [7, 11) is 5.97. The molecule has 0 aromatic heterocycles. The Hall–Kier alpha value is -0.650. The van der Waals surface area contributed by atoms with Gasteiger partial charge in [0.25, 0.3) is 0 Å². The Kier molecular flexibility index (Phi) is 5.18. The van der Waals surface area contributed by atoms with E-state index in [1.54, 1.807) is 7.05 Å². The molecule has 1 aliphatic heterocycles. The van der Waals surface area contributed by atoms with Gasteiger partial charge in [-0.05, 0) is 40.5 Å². The summed E-state index contributed by atoms with van der Waals surface area (Å²) in [5.41, 5.74) is 5.29. The molecule has 0 aromatic rings. The fraction of sp³-hybridized carbons (Fsp3) is 0.909. The fourth-order valence-electron chi connectivity index (χ4n) is 2.28. The van der Waals surface area contributed by atoms with E-state index in [0.717, 1.165) is 6.54 Å². The maximum absolute atomic E-state index is 11.1. The molecule has 94 valence electrons. The number of rotatable bonds is 6. The Morgan fingerprint density at radius 1 is 1.69 bits per heavy atom. The van der Waals surface area contributed by atoms with Crippen LogP contribution in [0.4, 0.5) is 0 Å². The van der Waals surface area contributed by atoms with Crippen molar-refractivity contribution in [3.63, 3.8) is 0 Å². The van der Waals surface area contributed by atoms with Crippen molar-refractivity contribution in [2.75, 3.05) is 40.8 Å². The Morgan fingerprint density at radius 2 is 2.38 bits per heavy atom. The van der Waals surface area contributed by atoms with E-state index in [0.29, 0.717) is 12.6 Å². The van der Waals surface area contributed by atoms with Crippen molar-refractivity contribution in [3.8, 4) is 0 Å². The molecule has 0 aromatic carbocycles. The molecular formula is C11H24N4O. The van der Waals surface area contributed by atoms with Gasteiger partial charge >= 0.3 is 0 Å². The molecule has 2 unspecified atom stereocenters. The quantitative estimate of drug-likeness (QED) is 0.617. The van der Waals surface area contributed by atoms with Crippen LogP contribution in [0, 0.1) is 0 Å². The number of carbonyl (C=O) groups is 1. The van der Waals surface area contributed by atoms with Crippen LogP contribution in [0.3, 0.4) is 0 Å². The number of nitrogens with zero attached hydrogens (tertiary/aromatic N) is 2. The van der Waals surface area contributed by atoms with E-state index < -0.39 is 0 Å². The zero-order valence-corrected chi connectivity index (χ0v) is 10.6. The van der Waals surface area contributed by atoms with Gasteiger partial charge in [-0.2, -0.15) is 0 Å². The number of hydrogen-bond acceptors (Lipinski definition) is 4. The van der Waals surface area contributed by atoms with Crippen LogP contribution in [-0.4, -0.2) is 68.6 Å². The SMILES string of the molecule is CNC(CN(C)CC1CCCN1C)C(N)=O. The lowest BCUT2D eigenvalue weighted by atomic mass is 10.2. The smallest absolute Gasteiger partial charge is 0.235 e. The van der Waals surface area contributed by atoms with Crippen LogP contribution < -0.4 is 11.1 Å². The Labute approximate surface area is 98.0 Å². The number of nitrogens with two attached hydrogens (primary N) is 1. The Morgan fingerprint density at radius 3 is 2.81 bits per heavy atom. The maximum Gasteiger partial charge on any atom is 0.235 e. The normalized spacial score (nSPS) is 23.9. The predicted molar refractivity (Wildman–Crippen MR) is 65.2 cm³/mol. The van der Waals surface area contributed by atoms with E-state index in [9.17, 15) is 4.79 Å². The van der Waals surface area contributed by atoms with Crippen molar-refractivity contribution in [1.82, 2.24) is 15.1 Å². The summed E-state index contributed by atoms with van der Waals surface area (Å²) in [4.78, 5) is 15.7. The van der Waals surface area contributed by atoms with E-state index in [1.807, 2.05) is 7.05 Å². The molecule has 0 bridgehead atoms. The van der Waals surface area contributed by atoms with Gasteiger partial charge in [-0.1, -0.05) is 0 Å². The van der Waals surface area contributed by atoms with Gasteiger partial charge in [0.2, 0.25) is 5.91 Å². The van der Waals surface area contributed by atoms with Crippen molar-refractivity contribution in [3.05, 3.63) is 0 Å². The number of carbonyl (C=O) groups excluding carboxylic acids is 1. The molecule has 2 atom stereocenters. The molecule has 1 aliphatic rings. The number of nitrogens with one attached hydrogen (secondary N) is 1. The van der Waals surface area contributed by atoms with Crippen molar-refractivity contribution >= 4 is 5.91 Å². The van der Waals surface area contributed by atoms with E-state index in [1.165, 1.54) is 19.4 Å². The number of amides is 1. The molecule has 1 fully saturated rings. The highest BCUT2D eigenvalue weighted by Crippen LogP contribution is 2.15. The average Bonchev–Trinajstić information content (AvgIpc) is 2.60. The van der Waals surface area contributed by atoms with E-state index in [4.69, 9.17) is 5.73 Å². The molecule has 3 N–H and O–H groups in total. The predicted octanol–water partition coefficient (Wildman–Crippen LogP) is -0.914. The summed E-state index contributed by atoms with van der Waals surface area (Å²) in [5, 5.41) is 2.94. The molecule has 5 heteroatoms. The minimum Gasteiger partial charge on any atom is -0.368 e. The first kappa shape index (κ1) is 13.4. The third kappa shape index (κ3) is 3.73. The van der Waals surface area contributed by atoms with Crippen LogP contribution in [0.1, 0.15) is 12.8 Å². The standard InChI is InChI=1S/C11H24N4O/c1-13-10(11(12)16)8-14(2)7-9-5-4-6-15(9)3/h9-10,13H,4-8H2,1-3H3,(H2,12,16). The minimum atomic E-state index is -0.283. The topological polar surface area (TPSA) is 61.6 Å². The monoisotopic (exact) mass is 228 g/mol. The van der Waals surface area contributed by atoms with Crippen molar-refractivity contribution < 1.29 is 4.79 Å². The largest absolute Gasteiger partial charge is 0.368 e. The van der Waals surface area contributed by atoms with Gasteiger partial charge in [-0.25, -0.2) is 0 Å². The third-order valence-electron chi connectivity index (χ3n) is 3.38. The average molecular weight is 228 g/mol. The lowest BCUT2D eigenvalue weighted by Gasteiger charge is -2.27. The number of primary amides is 1. The summed E-state index contributed by atoms with van der Waals surface area (Å²) in [6.07, 6.45) is 2.53. The van der Waals surface area contributed by atoms with Gasteiger partial charge in [0, 0.05) is 19.1 Å². The summed E-state index contributed by atoms with van der Waals surface area (Å²) >= 11 is 0. The second-order valence-electron chi connectivity index (χ2n) is 4.74. The van der Waals surface area contributed by atoms with E-state index >= 15 is 0 Å². The van der Waals surface area contributed by atoms with Crippen LogP contribution in [0.15, 0.2) is 0 Å². The van der Waals surface area contributed by atoms with Gasteiger partial charge in [0.15, 0.2) is 0 Å². The van der Waals surface area contributed by atoms with Crippen LogP contribution in [-0.2, 0) is 4.79 Å². The van der Waals surface area contributed by atoms with Crippen LogP contribution >= 0.6 is 0 Å². The summed E-state index contributed by atoms with van der Waals surface area (Å²) in [6, 6.07) is 0.368. The zero-order chi connectivity index (χ0) is 12.1. The van der Waals surface area contributed by atoms with Gasteiger partial charge in [-0.15, -0.1) is 0 Å². The molecule has 1 heterocycles. The number of likely N-dealkylation sites (N-methyl/N-ethyl adjacent to an activating group) is 3. The Bertz CT molecular complexity index is 234. The van der Waals surface area contributed by atoms with Crippen molar-refractivity contribution in [2.45, 2.75) is 24.9 Å². The molecule has 5 nitrogen and oxygen atoms in total. The van der Waals surface area contributed by atoms with Crippen LogP contribution in [0.25, 0.3) is 0 Å². The van der Waals surface area contributed by atoms with Gasteiger partial charge in [0.1, 0.15) is 0 Å². The number of likely N-dealkylation sites (tertiary alicyclic amines) is 1. The highest BCUT2D eigenvalue weighted by molar-refractivity contribution is 5.80. The lowest BCUT2D eigenvalue weighted by Crippen LogP contribution is -2.49. The fourth-order valence-corrected chi connectivity index (χ4v) is 2.28. The van der Waals surface area contributed by atoms with E-state index in [2.05, 4.69) is 22.2 Å². The summed E-state index contributed by atoms with van der Waals surface area (Å²) < 4.78 is 0. The van der Waals surface area contributed by atoms with Gasteiger partial charge in [-0.3, -0.25) is 4.79 Å². The maximum atomic E-state index is 11.1. The van der Waals surface area contributed by atoms with Gasteiger partial charge < -0.3 is 20.9 Å². The molecule has 0 saturated carbocycles.